The lowest BCUT2D eigenvalue weighted by molar-refractivity contribution is -0.0882. The second-order valence-electron chi connectivity index (χ2n) is 4.31. The second kappa shape index (κ2) is 8.75. The highest BCUT2D eigenvalue weighted by atomic mass is 32.2. The summed E-state index contributed by atoms with van der Waals surface area (Å²) in [6, 6.07) is 6.71. The van der Waals surface area contributed by atoms with Crippen LogP contribution in [0.4, 0.5) is 13.2 Å². The molecule has 0 aliphatic heterocycles. The Morgan fingerprint density at radius 3 is 2.41 bits per heavy atom. The van der Waals surface area contributed by atoms with Crippen LogP contribution in [-0.2, 0) is 0 Å². The highest BCUT2D eigenvalue weighted by molar-refractivity contribution is 7.98. The monoisotopic (exact) mass is 332 g/mol. The zero-order valence-corrected chi connectivity index (χ0v) is 13.2. The molecule has 0 aromatic heterocycles. The Morgan fingerprint density at radius 1 is 1.32 bits per heavy atom. The zero-order valence-electron chi connectivity index (χ0n) is 12.4. The molecule has 3 nitrogen and oxygen atoms in total. The number of halogens is 3. The first-order valence-electron chi connectivity index (χ1n) is 6.56. The number of hydrazine groups is 1. The van der Waals surface area contributed by atoms with Crippen molar-refractivity contribution >= 4 is 17.5 Å². The number of rotatable bonds is 7. The fraction of sp³-hybridized carbons (Fsp3) is 0.333. The number of allylic oxidation sites excluding steroid dienone is 3. The smallest absolute Gasteiger partial charge is 0.416 e. The van der Waals surface area contributed by atoms with E-state index in [-0.39, 0.29) is 5.70 Å². The van der Waals surface area contributed by atoms with E-state index in [4.69, 9.17) is 10.6 Å². The Hall–Kier alpha value is -1.60. The van der Waals surface area contributed by atoms with Gasteiger partial charge in [-0.15, -0.1) is 0 Å². The summed E-state index contributed by atoms with van der Waals surface area (Å²) in [6.07, 6.45) is -0.464. The average molecular weight is 332 g/mol. The van der Waals surface area contributed by atoms with Crippen LogP contribution in [0.1, 0.15) is 12.5 Å². The molecule has 3 N–H and O–H groups in total. The lowest BCUT2D eigenvalue weighted by Gasteiger charge is -2.12. The van der Waals surface area contributed by atoms with Gasteiger partial charge in [0, 0.05) is 5.75 Å². The minimum Gasteiger partial charge on any atom is -0.493 e. The normalized spacial score (nSPS) is 13.2. The lowest BCUT2D eigenvalue weighted by atomic mass is 10.1. The number of nitrogens with one attached hydrogen (secondary N) is 1. The largest absolute Gasteiger partial charge is 0.493 e. The minimum atomic E-state index is -4.42. The molecule has 0 radical (unpaired) electrons. The van der Waals surface area contributed by atoms with Crippen LogP contribution in [0.5, 0.6) is 5.75 Å². The fourth-order valence-corrected chi connectivity index (χ4v) is 1.92. The van der Waals surface area contributed by atoms with Gasteiger partial charge in [-0.05, 0) is 49.1 Å². The Balaban J connectivity index is 2.91. The third-order valence-electron chi connectivity index (χ3n) is 2.82. The van der Waals surface area contributed by atoms with Crippen molar-refractivity contribution in [3.8, 4) is 5.75 Å². The van der Waals surface area contributed by atoms with Gasteiger partial charge in [0.25, 0.3) is 0 Å². The summed E-state index contributed by atoms with van der Waals surface area (Å²) in [4.78, 5) is 0. The predicted molar refractivity (Wildman–Crippen MR) is 85.4 cm³/mol. The summed E-state index contributed by atoms with van der Waals surface area (Å²) in [7, 11) is 0. The van der Waals surface area contributed by atoms with Gasteiger partial charge in [0.2, 0.25) is 0 Å². The van der Waals surface area contributed by atoms with E-state index in [9.17, 15) is 13.2 Å². The Labute approximate surface area is 132 Å². The number of hydrogen-bond donors (Lipinski definition) is 2. The molecule has 1 aromatic rings. The molecule has 0 aliphatic rings. The predicted octanol–water partition coefficient (Wildman–Crippen LogP) is 3.74. The van der Waals surface area contributed by atoms with E-state index in [1.54, 1.807) is 36.0 Å². The van der Waals surface area contributed by atoms with Crippen molar-refractivity contribution in [2.45, 2.75) is 13.1 Å². The number of benzene rings is 1. The van der Waals surface area contributed by atoms with Crippen LogP contribution in [0.25, 0.3) is 5.70 Å². The van der Waals surface area contributed by atoms with Gasteiger partial charge in [-0.25, -0.2) is 0 Å². The van der Waals surface area contributed by atoms with Crippen LogP contribution < -0.4 is 16.0 Å². The van der Waals surface area contributed by atoms with Gasteiger partial charge in [0.05, 0.1) is 17.9 Å². The first-order chi connectivity index (χ1) is 10.4. The zero-order chi connectivity index (χ0) is 16.6. The summed E-state index contributed by atoms with van der Waals surface area (Å²) in [5, 5.41) is 0. The molecular weight excluding hydrogens is 313 g/mol. The van der Waals surface area contributed by atoms with Crippen molar-refractivity contribution in [3.63, 3.8) is 0 Å². The number of ether oxygens (including phenoxy) is 1. The van der Waals surface area contributed by atoms with Gasteiger partial charge >= 0.3 is 6.18 Å². The Bertz CT molecular complexity index is 525. The Morgan fingerprint density at radius 2 is 1.95 bits per heavy atom. The maximum absolute atomic E-state index is 12.8. The highest BCUT2D eigenvalue weighted by Gasteiger charge is 2.31. The quantitative estimate of drug-likeness (QED) is 0.346. The van der Waals surface area contributed by atoms with Gasteiger partial charge in [0.1, 0.15) is 5.75 Å². The van der Waals surface area contributed by atoms with Crippen molar-refractivity contribution in [1.82, 2.24) is 5.43 Å². The van der Waals surface area contributed by atoms with E-state index in [0.717, 1.165) is 17.9 Å². The van der Waals surface area contributed by atoms with E-state index in [2.05, 4.69) is 5.43 Å². The molecule has 0 atom stereocenters. The fourth-order valence-electron chi connectivity index (χ4n) is 1.67. The number of nitrogens with two attached hydrogens (primary N) is 1. The molecule has 0 spiro atoms. The number of alkyl halides is 3. The summed E-state index contributed by atoms with van der Waals surface area (Å²) in [6.45, 7) is 1.91. The number of hydrogen-bond acceptors (Lipinski definition) is 4. The molecule has 122 valence electrons. The topological polar surface area (TPSA) is 47.3 Å². The van der Waals surface area contributed by atoms with Gasteiger partial charge in [-0.1, -0.05) is 6.08 Å². The first-order valence-corrected chi connectivity index (χ1v) is 7.95. The maximum atomic E-state index is 12.8. The molecule has 0 heterocycles. The van der Waals surface area contributed by atoms with Gasteiger partial charge in [-0.3, -0.25) is 5.84 Å². The average Bonchev–Trinajstić information content (AvgIpc) is 2.48. The van der Waals surface area contributed by atoms with Crippen LogP contribution in [0.3, 0.4) is 0 Å². The molecule has 22 heavy (non-hydrogen) atoms. The van der Waals surface area contributed by atoms with E-state index < -0.39 is 11.7 Å². The standard InChI is InChI=1S/C15H19F3N2OS/c1-3-12(15(16,17)18)10-14(20-19)11-4-6-13(7-5-11)21-8-9-22-2/h3-7,10,20H,8-9,19H2,1-2H3/b12-3+,14-10-. The maximum Gasteiger partial charge on any atom is 0.416 e. The summed E-state index contributed by atoms with van der Waals surface area (Å²) in [5.41, 5.74) is 2.27. The minimum absolute atomic E-state index is 0.182. The van der Waals surface area contributed by atoms with Crippen LogP contribution >= 0.6 is 11.8 Å². The van der Waals surface area contributed by atoms with Gasteiger partial charge in [0.15, 0.2) is 0 Å². The summed E-state index contributed by atoms with van der Waals surface area (Å²) < 4.78 is 43.8. The highest BCUT2D eigenvalue weighted by Crippen LogP contribution is 2.28. The van der Waals surface area contributed by atoms with Crippen LogP contribution in [0.15, 0.2) is 42.0 Å². The van der Waals surface area contributed by atoms with Crippen molar-refractivity contribution in [2.24, 2.45) is 5.84 Å². The lowest BCUT2D eigenvalue weighted by Crippen LogP contribution is -2.21. The molecule has 0 saturated carbocycles. The van der Waals surface area contributed by atoms with E-state index in [1.165, 1.54) is 6.92 Å². The molecule has 0 unspecified atom stereocenters. The van der Waals surface area contributed by atoms with Crippen LogP contribution in [0.2, 0.25) is 0 Å². The molecule has 0 aliphatic carbocycles. The van der Waals surface area contributed by atoms with Gasteiger partial charge < -0.3 is 10.2 Å². The van der Waals surface area contributed by atoms with Crippen molar-refractivity contribution in [2.75, 3.05) is 18.6 Å². The number of thioether (sulfide) groups is 1. The summed E-state index contributed by atoms with van der Waals surface area (Å²) in [5.74, 6) is 6.87. The van der Waals surface area contributed by atoms with E-state index >= 15 is 0 Å². The van der Waals surface area contributed by atoms with E-state index in [0.29, 0.717) is 17.9 Å². The molecule has 0 amide bonds. The summed E-state index contributed by atoms with van der Waals surface area (Å²) >= 11 is 1.67. The van der Waals surface area contributed by atoms with Crippen LogP contribution in [0, 0.1) is 0 Å². The third kappa shape index (κ3) is 5.65. The first kappa shape index (κ1) is 18.4. The third-order valence-corrected chi connectivity index (χ3v) is 3.39. The Kier molecular flexibility index (Phi) is 7.34. The molecule has 0 fully saturated rings. The molecule has 1 rings (SSSR count). The molecule has 7 heteroatoms. The SMILES string of the molecule is C/C=C(\C=C(/NN)c1ccc(OCCSC)cc1)C(F)(F)F. The molecule has 0 bridgehead atoms. The molecule has 1 aromatic carbocycles. The van der Waals surface area contributed by atoms with Crippen LogP contribution in [-0.4, -0.2) is 24.8 Å². The van der Waals surface area contributed by atoms with Crippen molar-refractivity contribution < 1.29 is 17.9 Å². The van der Waals surface area contributed by atoms with Crippen molar-refractivity contribution in [3.05, 3.63) is 47.6 Å². The molecular formula is C15H19F3N2OS. The van der Waals surface area contributed by atoms with Crippen molar-refractivity contribution in [1.29, 1.82) is 0 Å². The second-order valence-corrected chi connectivity index (χ2v) is 5.30. The van der Waals surface area contributed by atoms with E-state index in [1.807, 2.05) is 6.26 Å². The van der Waals surface area contributed by atoms with Gasteiger partial charge in [-0.2, -0.15) is 24.9 Å². The molecule has 0 saturated heterocycles.